The van der Waals surface area contributed by atoms with Crippen LogP contribution in [-0.2, 0) is 24.4 Å². The average molecular weight is 503 g/mol. The number of aliphatic hydroxyl groups excluding tert-OH is 1. The van der Waals surface area contributed by atoms with E-state index in [9.17, 15) is 18.7 Å². The number of hydrogen-bond donors (Lipinski definition) is 2. The van der Waals surface area contributed by atoms with Crippen LogP contribution in [0, 0.1) is 11.6 Å². The third kappa shape index (κ3) is 5.88. The maximum Gasteiger partial charge on any atom is 0.227 e. The van der Waals surface area contributed by atoms with Crippen molar-refractivity contribution in [1.82, 2.24) is 24.6 Å². The number of β-amino-alcohol motifs (C(OH)–C–C–N with tert-alkyl or cyclic N) is 1. The molecular formula is C24H28F2N6O4. The molecule has 0 saturated carbocycles. The molecule has 1 fully saturated rings. The van der Waals surface area contributed by atoms with E-state index in [4.69, 9.17) is 9.47 Å². The lowest BCUT2D eigenvalue weighted by Crippen LogP contribution is -2.53. The quantitative estimate of drug-likeness (QED) is 0.412. The van der Waals surface area contributed by atoms with Crippen molar-refractivity contribution < 1.29 is 28.2 Å². The lowest BCUT2D eigenvalue weighted by Gasteiger charge is -2.35. The van der Waals surface area contributed by atoms with Gasteiger partial charge in [0.2, 0.25) is 11.9 Å². The van der Waals surface area contributed by atoms with Crippen LogP contribution in [-0.4, -0.2) is 62.0 Å². The van der Waals surface area contributed by atoms with E-state index in [1.54, 1.807) is 28.9 Å². The highest BCUT2D eigenvalue weighted by Crippen LogP contribution is 2.28. The molecule has 1 amide bonds. The molecule has 3 aromatic rings. The molecule has 0 atom stereocenters. The predicted molar refractivity (Wildman–Crippen MR) is 126 cm³/mol. The first-order chi connectivity index (χ1) is 17.4. The Bertz CT molecular complexity index is 1170. The largest absolute Gasteiger partial charge is 0.494 e. The Hall–Kier alpha value is -3.80. The van der Waals surface area contributed by atoms with E-state index in [-0.39, 0.29) is 29.6 Å². The maximum absolute atomic E-state index is 14.6. The fourth-order valence-electron chi connectivity index (χ4n) is 3.76. The van der Waals surface area contributed by atoms with Crippen LogP contribution in [0.25, 0.3) is 0 Å². The number of rotatable bonds is 11. The molecule has 1 aliphatic rings. The zero-order valence-corrected chi connectivity index (χ0v) is 20.1. The smallest absolute Gasteiger partial charge is 0.227 e. The fourth-order valence-corrected chi connectivity index (χ4v) is 3.76. The summed E-state index contributed by atoms with van der Waals surface area (Å²) in [5, 5.41) is 16.5. The van der Waals surface area contributed by atoms with E-state index in [0.717, 1.165) is 0 Å². The number of aryl methyl sites for hydroxylation is 2. The summed E-state index contributed by atoms with van der Waals surface area (Å²) in [7, 11) is 1.33. The van der Waals surface area contributed by atoms with Crippen LogP contribution in [0.4, 0.5) is 20.4 Å². The first kappa shape index (κ1) is 25.3. The van der Waals surface area contributed by atoms with Crippen LogP contribution in [0.15, 0.2) is 30.9 Å². The third-order valence-electron chi connectivity index (χ3n) is 5.83. The molecule has 192 valence electrons. The number of halogens is 2. The van der Waals surface area contributed by atoms with Gasteiger partial charge in [-0.25, -0.2) is 18.7 Å². The van der Waals surface area contributed by atoms with E-state index in [1.807, 2.05) is 0 Å². The summed E-state index contributed by atoms with van der Waals surface area (Å²) in [6, 6.07) is 1.35. The first-order valence-electron chi connectivity index (χ1n) is 11.6. The number of likely N-dealkylation sites (tertiary alicyclic amines) is 1. The van der Waals surface area contributed by atoms with Crippen molar-refractivity contribution in [2.75, 3.05) is 25.5 Å². The maximum atomic E-state index is 14.6. The zero-order valence-electron chi connectivity index (χ0n) is 20.1. The Labute approximate surface area is 206 Å². The molecule has 3 heterocycles. The van der Waals surface area contributed by atoms with Gasteiger partial charge in [0.15, 0.2) is 17.3 Å². The van der Waals surface area contributed by atoms with Crippen LogP contribution in [0.3, 0.4) is 0 Å². The van der Waals surface area contributed by atoms with Crippen molar-refractivity contribution in [3.05, 3.63) is 53.6 Å². The minimum atomic E-state index is -0.799. The number of nitrogens with zero attached hydrogens (tertiary/aromatic N) is 5. The molecule has 1 aliphatic heterocycles. The van der Waals surface area contributed by atoms with Crippen molar-refractivity contribution in [3.8, 4) is 11.5 Å². The highest BCUT2D eigenvalue weighted by molar-refractivity contribution is 5.77. The Kier molecular flexibility index (Phi) is 7.93. The minimum absolute atomic E-state index is 0.0317. The first-order valence-corrected chi connectivity index (χ1v) is 11.6. The number of methoxy groups -OCH3 is 1. The van der Waals surface area contributed by atoms with Crippen LogP contribution in [0.2, 0.25) is 0 Å². The number of aromatic nitrogens is 4. The predicted octanol–water partition coefficient (Wildman–Crippen LogP) is 2.83. The second kappa shape index (κ2) is 11.3. The van der Waals surface area contributed by atoms with Crippen LogP contribution < -0.4 is 14.8 Å². The number of amides is 1. The summed E-state index contributed by atoms with van der Waals surface area (Å²) < 4.78 is 41.3. The number of nitrogens with one attached hydrogen (secondary N) is 1. The molecule has 0 unspecified atom stereocenters. The Balaban J connectivity index is 1.28. The molecule has 1 aromatic carbocycles. The number of carbonyl (C=O) groups excluding carboxylic acids is 1. The fraction of sp³-hybridized carbons (Fsp3) is 0.417. The van der Waals surface area contributed by atoms with Gasteiger partial charge >= 0.3 is 0 Å². The molecule has 0 aliphatic carbocycles. The molecule has 1 saturated heterocycles. The van der Waals surface area contributed by atoms with E-state index in [2.05, 4.69) is 20.4 Å². The van der Waals surface area contributed by atoms with Crippen molar-refractivity contribution in [3.63, 3.8) is 0 Å². The van der Waals surface area contributed by atoms with Gasteiger partial charge in [-0.2, -0.15) is 5.10 Å². The molecule has 0 spiro atoms. The lowest BCUT2D eigenvalue weighted by molar-refractivity contribution is -0.141. The van der Waals surface area contributed by atoms with Crippen molar-refractivity contribution in [1.29, 1.82) is 0 Å². The van der Waals surface area contributed by atoms with Crippen LogP contribution in [0.5, 0.6) is 11.5 Å². The van der Waals surface area contributed by atoms with Gasteiger partial charge < -0.3 is 24.8 Å². The van der Waals surface area contributed by atoms with Crippen LogP contribution in [0.1, 0.15) is 30.9 Å². The Morgan fingerprint density at radius 3 is 2.64 bits per heavy atom. The Morgan fingerprint density at radius 2 is 1.97 bits per heavy atom. The SMILES string of the molecule is CCc1cc(OC)c(F)c(COc2cnc(Nc3cnn(CCCC(=O)N4CC(O)C4)c3)nc2)c1F. The highest BCUT2D eigenvalue weighted by Gasteiger charge is 2.28. The number of carbonyl (C=O) groups is 1. The second-order valence-corrected chi connectivity index (χ2v) is 8.40. The molecule has 2 N–H and O–H groups in total. The number of aliphatic hydroxyl groups is 1. The van der Waals surface area contributed by atoms with Crippen molar-refractivity contribution in [2.45, 2.75) is 45.4 Å². The summed E-state index contributed by atoms with van der Waals surface area (Å²) in [6.45, 7) is 2.81. The van der Waals surface area contributed by atoms with Gasteiger partial charge in [0.25, 0.3) is 0 Å². The topological polar surface area (TPSA) is 115 Å². The summed E-state index contributed by atoms with van der Waals surface area (Å²) in [4.78, 5) is 21.9. The molecule has 10 nitrogen and oxygen atoms in total. The van der Waals surface area contributed by atoms with Crippen LogP contribution >= 0.6 is 0 Å². The monoisotopic (exact) mass is 502 g/mol. The van der Waals surface area contributed by atoms with Gasteiger partial charge in [-0.3, -0.25) is 9.48 Å². The van der Waals surface area contributed by atoms with E-state index in [1.165, 1.54) is 25.6 Å². The van der Waals surface area contributed by atoms with Gasteiger partial charge in [-0.1, -0.05) is 6.92 Å². The van der Waals surface area contributed by atoms with Crippen molar-refractivity contribution >= 4 is 17.5 Å². The molecular weight excluding hydrogens is 474 g/mol. The number of hydrogen-bond acceptors (Lipinski definition) is 8. The second-order valence-electron chi connectivity index (χ2n) is 8.40. The summed E-state index contributed by atoms with van der Waals surface area (Å²) in [5.74, 6) is -0.923. The lowest BCUT2D eigenvalue weighted by atomic mass is 10.1. The molecule has 12 heteroatoms. The van der Waals surface area contributed by atoms with Gasteiger partial charge in [-0.05, 0) is 24.5 Å². The summed E-state index contributed by atoms with van der Waals surface area (Å²) in [5.41, 5.74) is 0.782. The summed E-state index contributed by atoms with van der Waals surface area (Å²) in [6.07, 6.45) is 7.18. The number of benzene rings is 1. The summed E-state index contributed by atoms with van der Waals surface area (Å²) >= 11 is 0. The van der Waals surface area contributed by atoms with Gasteiger partial charge in [-0.15, -0.1) is 0 Å². The molecule has 36 heavy (non-hydrogen) atoms. The van der Waals surface area contributed by atoms with Gasteiger partial charge in [0.05, 0.1) is 43.1 Å². The molecule has 4 rings (SSSR count). The Morgan fingerprint density at radius 1 is 1.22 bits per heavy atom. The molecule has 2 aromatic heterocycles. The average Bonchev–Trinajstić information content (AvgIpc) is 3.30. The zero-order chi connectivity index (χ0) is 25.7. The minimum Gasteiger partial charge on any atom is -0.494 e. The number of ether oxygens (including phenoxy) is 2. The highest BCUT2D eigenvalue weighted by atomic mass is 19.1. The normalized spacial score (nSPS) is 13.4. The molecule has 0 bridgehead atoms. The number of anilines is 2. The third-order valence-corrected chi connectivity index (χ3v) is 5.83. The van der Waals surface area contributed by atoms with Gasteiger partial charge in [0, 0.05) is 32.3 Å². The van der Waals surface area contributed by atoms with E-state index >= 15 is 0 Å². The van der Waals surface area contributed by atoms with Crippen molar-refractivity contribution in [2.24, 2.45) is 0 Å². The van der Waals surface area contributed by atoms with Gasteiger partial charge in [0.1, 0.15) is 12.4 Å². The standard InChI is InChI=1S/C24H28F2N6O4/c1-3-15-7-20(35-2)23(26)19(22(15)25)14-36-18-9-27-24(28-10-18)30-16-8-29-32(11-16)6-4-5-21(34)31-12-17(33)13-31/h7-11,17,33H,3-6,12-14H2,1-2H3,(H,27,28,30). The van der Waals surface area contributed by atoms with E-state index in [0.29, 0.717) is 56.1 Å². The molecule has 0 radical (unpaired) electrons. The van der Waals surface area contributed by atoms with E-state index < -0.39 is 17.7 Å².